The minimum absolute atomic E-state index is 0.0355. The van der Waals surface area contributed by atoms with E-state index in [4.69, 9.17) is 11.6 Å². The van der Waals surface area contributed by atoms with E-state index in [1.807, 2.05) is 6.07 Å². The first-order valence-corrected chi connectivity index (χ1v) is 14.0. The van der Waals surface area contributed by atoms with Gasteiger partial charge in [0.25, 0.3) is 0 Å². The second-order valence-corrected chi connectivity index (χ2v) is 12.0. The summed E-state index contributed by atoms with van der Waals surface area (Å²) in [6.07, 6.45) is 7.45. The second-order valence-electron chi connectivity index (χ2n) is 8.04. The fraction of sp³-hybridized carbons (Fsp3) is 0.542. The zero-order valence-electron chi connectivity index (χ0n) is 18.6. The molecular formula is C24H34ClNO3S2. The third-order valence-corrected chi connectivity index (χ3v) is 9.08. The van der Waals surface area contributed by atoms with E-state index >= 15 is 0 Å². The minimum atomic E-state index is -3.26. The fourth-order valence-electron chi connectivity index (χ4n) is 3.37. The van der Waals surface area contributed by atoms with Crippen LogP contribution in [0.15, 0.2) is 40.6 Å². The van der Waals surface area contributed by atoms with Crippen LogP contribution in [0, 0.1) is 0 Å². The first kappa shape index (κ1) is 26.0. The number of benzene rings is 1. The van der Waals surface area contributed by atoms with E-state index in [9.17, 15) is 13.2 Å². The predicted octanol–water partition coefficient (Wildman–Crippen LogP) is 6.28. The average Bonchev–Trinajstić information content (AvgIpc) is 3.23. The molecule has 1 aromatic carbocycles. The summed E-state index contributed by atoms with van der Waals surface area (Å²) in [6, 6.07) is 10.4. The van der Waals surface area contributed by atoms with Gasteiger partial charge in [0.05, 0.1) is 5.75 Å². The SMILES string of the molecule is CCCCCCN(C)CCCCS(=O)(=O)c1ccc(CCC(=O)c2ccc(Cl)cc2)s1. The molecular weight excluding hydrogens is 450 g/mol. The predicted molar refractivity (Wildman–Crippen MR) is 131 cm³/mol. The molecule has 172 valence electrons. The Morgan fingerprint density at radius 1 is 0.968 bits per heavy atom. The molecule has 0 spiro atoms. The maximum Gasteiger partial charge on any atom is 0.187 e. The van der Waals surface area contributed by atoms with Crippen molar-refractivity contribution in [1.29, 1.82) is 0 Å². The maximum absolute atomic E-state index is 12.6. The molecule has 2 rings (SSSR count). The van der Waals surface area contributed by atoms with Crippen LogP contribution in [0.1, 0.15) is 67.1 Å². The van der Waals surface area contributed by atoms with Crippen LogP contribution in [-0.2, 0) is 16.3 Å². The Hall–Kier alpha value is -1.21. The number of sulfone groups is 1. The van der Waals surface area contributed by atoms with Crippen molar-refractivity contribution in [3.8, 4) is 0 Å². The summed E-state index contributed by atoms with van der Waals surface area (Å²) < 4.78 is 25.7. The number of Topliss-reactive ketones (excluding diaryl/α,β-unsaturated/α-hetero) is 1. The van der Waals surface area contributed by atoms with Gasteiger partial charge < -0.3 is 4.90 Å². The smallest absolute Gasteiger partial charge is 0.187 e. The van der Waals surface area contributed by atoms with Gasteiger partial charge in [0.2, 0.25) is 0 Å². The lowest BCUT2D eigenvalue weighted by atomic mass is 10.1. The van der Waals surface area contributed by atoms with Crippen LogP contribution in [0.2, 0.25) is 5.02 Å². The van der Waals surface area contributed by atoms with E-state index in [0.29, 0.717) is 34.1 Å². The van der Waals surface area contributed by atoms with E-state index in [0.717, 1.165) is 24.4 Å². The molecule has 4 nitrogen and oxygen atoms in total. The van der Waals surface area contributed by atoms with Crippen LogP contribution < -0.4 is 0 Å². The van der Waals surface area contributed by atoms with Gasteiger partial charge >= 0.3 is 0 Å². The number of thiophene rings is 1. The number of aryl methyl sites for hydroxylation is 1. The van der Waals surface area contributed by atoms with E-state index in [1.165, 1.54) is 37.0 Å². The third kappa shape index (κ3) is 9.44. The molecule has 0 fully saturated rings. The van der Waals surface area contributed by atoms with Crippen LogP contribution in [0.4, 0.5) is 0 Å². The number of ketones is 1. The van der Waals surface area contributed by atoms with Gasteiger partial charge in [-0.05, 0) is 82.2 Å². The number of rotatable bonds is 15. The summed E-state index contributed by atoms with van der Waals surface area (Å²) in [5.41, 5.74) is 0.629. The Kier molecular flexibility index (Phi) is 11.2. The van der Waals surface area contributed by atoms with Gasteiger partial charge in [-0.25, -0.2) is 8.42 Å². The highest BCUT2D eigenvalue weighted by Gasteiger charge is 2.17. The average molecular weight is 484 g/mol. The standard InChI is InChI=1S/C24H34ClNO3S2/c1-3-4-5-6-17-26(2)18-7-8-19-31(28,29)24-16-14-22(30-24)13-15-23(27)20-9-11-21(25)12-10-20/h9-12,14,16H,3-8,13,15,17-19H2,1-2H3. The topological polar surface area (TPSA) is 54.5 Å². The number of hydrogen-bond donors (Lipinski definition) is 0. The summed E-state index contributed by atoms with van der Waals surface area (Å²) in [5.74, 6) is 0.216. The monoisotopic (exact) mass is 483 g/mol. The van der Waals surface area contributed by atoms with Crippen LogP contribution in [0.25, 0.3) is 0 Å². The highest BCUT2D eigenvalue weighted by molar-refractivity contribution is 7.93. The molecule has 0 saturated carbocycles. The van der Waals surface area contributed by atoms with Gasteiger partial charge in [-0.2, -0.15) is 0 Å². The lowest BCUT2D eigenvalue weighted by molar-refractivity contribution is 0.0983. The molecule has 2 aromatic rings. The first-order valence-electron chi connectivity index (χ1n) is 11.1. The Morgan fingerprint density at radius 3 is 2.32 bits per heavy atom. The molecule has 0 bridgehead atoms. The number of hydrogen-bond acceptors (Lipinski definition) is 5. The van der Waals surface area contributed by atoms with Gasteiger partial charge in [0.1, 0.15) is 4.21 Å². The van der Waals surface area contributed by atoms with Crippen molar-refractivity contribution >= 4 is 38.6 Å². The zero-order valence-corrected chi connectivity index (χ0v) is 21.0. The minimum Gasteiger partial charge on any atom is -0.306 e. The molecule has 0 radical (unpaired) electrons. The second kappa shape index (κ2) is 13.4. The largest absolute Gasteiger partial charge is 0.306 e. The number of carbonyl (C=O) groups is 1. The van der Waals surface area contributed by atoms with E-state index in [-0.39, 0.29) is 11.5 Å². The van der Waals surface area contributed by atoms with Crippen molar-refractivity contribution in [3.63, 3.8) is 0 Å². The van der Waals surface area contributed by atoms with Crippen molar-refractivity contribution in [2.45, 2.75) is 62.5 Å². The summed E-state index contributed by atoms with van der Waals surface area (Å²) in [4.78, 5) is 15.5. The number of nitrogens with zero attached hydrogens (tertiary/aromatic N) is 1. The van der Waals surface area contributed by atoms with Crippen LogP contribution >= 0.6 is 22.9 Å². The molecule has 0 unspecified atom stereocenters. The normalized spacial score (nSPS) is 11.9. The van der Waals surface area contributed by atoms with E-state index in [1.54, 1.807) is 30.3 Å². The van der Waals surface area contributed by atoms with Gasteiger partial charge in [0, 0.05) is 21.9 Å². The van der Waals surface area contributed by atoms with Crippen molar-refractivity contribution in [1.82, 2.24) is 4.90 Å². The van der Waals surface area contributed by atoms with Gasteiger partial charge in [-0.1, -0.05) is 37.8 Å². The highest BCUT2D eigenvalue weighted by Crippen LogP contribution is 2.25. The fourth-order valence-corrected chi connectivity index (χ4v) is 6.37. The molecule has 0 aliphatic rings. The van der Waals surface area contributed by atoms with Crippen LogP contribution in [0.3, 0.4) is 0 Å². The lowest BCUT2D eigenvalue weighted by Gasteiger charge is -2.16. The molecule has 0 atom stereocenters. The summed E-state index contributed by atoms with van der Waals surface area (Å²) in [6.45, 7) is 4.22. The molecule has 0 N–H and O–H groups in total. The van der Waals surface area contributed by atoms with Gasteiger partial charge in [-0.3, -0.25) is 4.79 Å². The molecule has 0 aliphatic heterocycles. The molecule has 1 heterocycles. The Bertz CT molecular complexity index is 907. The van der Waals surface area contributed by atoms with Crippen LogP contribution in [-0.4, -0.2) is 45.0 Å². The van der Waals surface area contributed by atoms with Crippen molar-refractivity contribution in [2.24, 2.45) is 0 Å². The van der Waals surface area contributed by atoms with E-state index in [2.05, 4.69) is 18.9 Å². The van der Waals surface area contributed by atoms with E-state index < -0.39 is 9.84 Å². The van der Waals surface area contributed by atoms with Crippen molar-refractivity contribution in [3.05, 3.63) is 51.9 Å². The molecule has 31 heavy (non-hydrogen) atoms. The maximum atomic E-state index is 12.6. The first-order chi connectivity index (χ1) is 14.8. The number of unbranched alkanes of at least 4 members (excludes halogenated alkanes) is 4. The summed E-state index contributed by atoms with van der Waals surface area (Å²) in [5, 5.41) is 0.600. The Labute approximate surface area is 196 Å². The highest BCUT2D eigenvalue weighted by atomic mass is 35.5. The molecule has 1 aromatic heterocycles. The summed E-state index contributed by atoms with van der Waals surface area (Å²) >= 11 is 7.15. The quantitative estimate of drug-likeness (QED) is 0.221. The van der Waals surface area contributed by atoms with Gasteiger partial charge in [-0.15, -0.1) is 11.3 Å². The van der Waals surface area contributed by atoms with Crippen molar-refractivity contribution < 1.29 is 13.2 Å². The Morgan fingerprint density at radius 2 is 1.65 bits per heavy atom. The van der Waals surface area contributed by atoms with Gasteiger partial charge in [0.15, 0.2) is 15.6 Å². The third-order valence-electron chi connectivity index (χ3n) is 5.30. The summed E-state index contributed by atoms with van der Waals surface area (Å²) in [7, 11) is -1.15. The molecule has 0 saturated heterocycles. The molecule has 0 aliphatic carbocycles. The molecule has 7 heteroatoms. The van der Waals surface area contributed by atoms with Crippen LogP contribution in [0.5, 0.6) is 0 Å². The number of halogens is 1. The number of carbonyl (C=O) groups excluding carboxylic acids is 1. The zero-order chi connectivity index (χ0) is 22.7. The lowest BCUT2D eigenvalue weighted by Crippen LogP contribution is -2.21. The molecule has 0 amide bonds. The Balaban J connectivity index is 1.73. The van der Waals surface area contributed by atoms with Crippen molar-refractivity contribution in [2.75, 3.05) is 25.9 Å².